The van der Waals surface area contributed by atoms with Crippen LogP contribution in [-0.4, -0.2) is 46.3 Å². The van der Waals surface area contributed by atoms with Gasteiger partial charge in [0.15, 0.2) is 0 Å². The lowest BCUT2D eigenvalue weighted by atomic mass is 10.6. The predicted molar refractivity (Wildman–Crippen MR) is 61.0 cm³/mol. The van der Waals surface area contributed by atoms with Gasteiger partial charge in [-0.15, -0.1) is 0 Å². The van der Waals surface area contributed by atoms with E-state index in [9.17, 15) is 0 Å². The van der Waals surface area contributed by atoms with Crippen LogP contribution >= 0.6 is 0 Å². The SMILES string of the molecule is CO[SiH](CCC[Si](C)(OC)OC)OC. The first-order valence-corrected chi connectivity index (χ1v) is 9.06. The fourth-order valence-electron chi connectivity index (χ4n) is 1.21. The Morgan fingerprint density at radius 1 is 1.00 bits per heavy atom. The number of hydrogen-bond acceptors (Lipinski definition) is 4. The largest absolute Gasteiger partial charge is 0.400 e. The lowest BCUT2D eigenvalue weighted by Crippen LogP contribution is -2.36. The molecule has 0 saturated heterocycles. The highest BCUT2D eigenvalue weighted by Crippen LogP contribution is 2.16. The van der Waals surface area contributed by atoms with Crippen molar-refractivity contribution in [1.82, 2.24) is 0 Å². The summed E-state index contributed by atoms with van der Waals surface area (Å²) in [6, 6.07) is 2.01. The molecule has 0 bridgehead atoms. The average Bonchev–Trinajstić information content (AvgIpc) is 2.24. The molecule has 0 aliphatic rings. The summed E-state index contributed by atoms with van der Waals surface area (Å²) >= 11 is 0. The molecule has 6 heteroatoms. The van der Waals surface area contributed by atoms with E-state index in [1.807, 2.05) is 0 Å². The van der Waals surface area contributed by atoms with Gasteiger partial charge < -0.3 is 17.7 Å². The van der Waals surface area contributed by atoms with Crippen LogP contribution in [0.25, 0.3) is 0 Å². The Kier molecular flexibility index (Phi) is 7.70. The molecule has 86 valence electrons. The molecule has 0 amide bonds. The van der Waals surface area contributed by atoms with E-state index < -0.39 is 17.8 Å². The van der Waals surface area contributed by atoms with Crippen LogP contribution in [0.5, 0.6) is 0 Å². The van der Waals surface area contributed by atoms with Gasteiger partial charge in [0, 0.05) is 28.4 Å². The fraction of sp³-hybridized carbons (Fsp3) is 1.00. The average molecular weight is 238 g/mol. The zero-order valence-corrected chi connectivity index (χ0v) is 12.0. The Bertz CT molecular complexity index is 137. The quantitative estimate of drug-likeness (QED) is 0.597. The summed E-state index contributed by atoms with van der Waals surface area (Å²) in [5, 5.41) is 0. The summed E-state index contributed by atoms with van der Waals surface area (Å²) in [6.45, 7) is 2.07. The van der Waals surface area contributed by atoms with E-state index in [4.69, 9.17) is 17.7 Å². The fourth-order valence-corrected chi connectivity index (χ4v) is 4.24. The smallest absolute Gasteiger partial charge is 0.334 e. The van der Waals surface area contributed by atoms with Crippen molar-refractivity contribution in [2.24, 2.45) is 0 Å². The third kappa shape index (κ3) is 5.23. The number of hydrogen-bond donors (Lipinski definition) is 0. The van der Waals surface area contributed by atoms with Crippen LogP contribution < -0.4 is 0 Å². The molecule has 0 aromatic heterocycles. The van der Waals surface area contributed by atoms with Gasteiger partial charge in [-0.05, 0) is 25.1 Å². The predicted octanol–water partition coefficient (Wildman–Crippen LogP) is 1.25. The van der Waals surface area contributed by atoms with Crippen molar-refractivity contribution in [3.63, 3.8) is 0 Å². The third-order valence-electron chi connectivity index (χ3n) is 2.46. The number of rotatable bonds is 8. The Morgan fingerprint density at radius 3 is 1.86 bits per heavy atom. The molecule has 0 radical (unpaired) electrons. The molecule has 0 saturated carbocycles. The van der Waals surface area contributed by atoms with Gasteiger partial charge in [0.2, 0.25) is 0 Å². The second-order valence-corrected chi connectivity index (χ2v) is 9.30. The van der Waals surface area contributed by atoms with Crippen LogP contribution in [0.3, 0.4) is 0 Å². The Morgan fingerprint density at radius 2 is 1.50 bits per heavy atom. The van der Waals surface area contributed by atoms with Gasteiger partial charge in [0.25, 0.3) is 0 Å². The van der Waals surface area contributed by atoms with E-state index in [-0.39, 0.29) is 0 Å². The van der Waals surface area contributed by atoms with Crippen molar-refractivity contribution in [2.75, 3.05) is 28.4 Å². The second kappa shape index (κ2) is 7.55. The molecule has 0 aliphatic heterocycles. The van der Waals surface area contributed by atoms with Crippen molar-refractivity contribution in [2.45, 2.75) is 25.1 Å². The molecule has 0 aromatic carbocycles. The molecule has 0 spiro atoms. The first kappa shape index (κ1) is 14.3. The summed E-state index contributed by atoms with van der Waals surface area (Å²) in [6.07, 6.45) is 1.06. The molecule has 14 heavy (non-hydrogen) atoms. The van der Waals surface area contributed by atoms with Crippen molar-refractivity contribution in [3.8, 4) is 0 Å². The Hall–Kier alpha value is 0.274. The van der Waals surface area contributed by atoms with E-state index in [1.54, 1.807) is 28.4 Å². The summed E-state index contributed by atoms with van der Waals surface area (Å²) in [5.74, 6) is 0. The van der Waals surface area contributed by atoms with Crippen LogP contribution in [0.1, 0.15) is 6.42 Å². The summed E-state index contributed by atoms with van der Waals surface area (Å²) < 4.78 is 21.2. The molecule has 0 unspecified atom stereocenters. The first-order chi connectivity index (χ1) is 6.61. The highest BCUT2D eigenvalue weighted by atomic mass is 28.4. The molecule has 0 N–H and O–H groups in total. The van der Waals surface area contributed by atoms with Crippen LogP contribution in [0, 0.1) is 0 Å². The zero-order valence-electron chi connectivity index (χ0n) is 9.83. The molecule has 4 nitrogen and oxygen atoms in total. The van der Waals surface area contributed by atoms with Crippen molar-refractivity contribution in [3.05, 3.63) is 0 Å². The molecule has 0 atom stereocenters. The van der Waals surface area contributed by atoms with Gasteiger partial charge in [0.1, 0.15) is 0 Å². The lowest BCUT2D eigenvalue weighted by Gasteiger charge is -2.23. The molecular weight excluding hydrogens is 216 g/mol. The Labute approximate surface area is 89.6 Å². The minimum absolute atomic E-state index is 0.996. The van der Waals surface area contributed by atoms with Crippen LogP contribution in [0.15, 0.2) is 0 Å². The highest BCUT2D eigenvalue weighted by Gasteiger charge is 2.28. The molecule has 0 aliphatic carbocycles. The van der Waals surface area contributed by atoms with E-state index in [0.717, 1.165) is 18.5 Å². The molecule has 0 aromatic rings. The van der Waals surface area contributed by atoms with Crippen molar-refractivity contribution in [1.29, 1.82) is 0 Å². The maximum Gasteiger partial charge on any atom is 0.334 e. The monoisotopic (exact) mass is 238 g/mol. The van der Waals surface area contributed by atoms with Gasteiger partial charge in [0.05, 0.1) is 0 Å². The minimum atomic E-state index is -1.88. The maximum absolute atomic E-state index is 5.39. The minimum Gasteiger partial charge on any atom is -0.400 e. The highest BCUT2D eigenvalue weighted by molar-refractivity contribution is 6.66. The first-order valence-electron chi connectivity index (χ1n) is 4.77. The van der Waals surface area contributed by atoms with Crippen LogP contribution in [0.2, 0.25) is 18.6 Å². The lowest BCUT2D eigenvalue weighted by molar-refractivity contribution is 0.247. The van der Waals surface area contributed by atoms with E-state index in [0.29, 0.717) is 0 Å². The van der Waals surface area contributed by atoms with Gasteiger partial charge in [-0.25, -0.2) is 0 Å². The molecular formula is C8H22O4Si2. The normalized spacial score (nSPS) is 12.4. The summed E-state index contributed by atoms with van der Waals surface area (Å²) in [4.78, 5) is 0. The van der Waals surface area contributed by atoms with E-state index in [1.165, 1.54) is 0 Å². The van der Waals surface area contributed by atoms with E-state index in [2.05, 4.69) is 6.55 Å². The second-order valence-electron chi connectivity index (χ2n) is 3.34. The van der Waals surface area contributed by atoms with Gasteiger partial charge in [-0.3, -0.25) is 0 Å². The molecule has 0 heterocycles. The summed E-state index contributed by atoms with van der Waals surface area (Å²) in [7, 11) is 3.59. The van der Waals surface area contributed by atoms with E-state index >= 15 is 0 Å². The summed E-state index contributed by atoms with van der Waals surface area (Å²) in [5.41, 5.74) is 0. The Balaban J connectivity index is 3.70. The molecule has 0 fully saturated rings. The van der Waals surface area contributed by atoms with Gasteiger partial charge >= 0.3 is 17.8 Å². The third-order valence-corrected chi connectivity index (χ3v) is 7.38. The van der Waals surface area contributed by atoms with Crippen molar-refractivity contribution >= 4 is 17.8 Å². The van der Waals surface area contributed by atoms with Crippen LogP contribution in [-0.2, 0) is 17.7 Å². The zero-order chi connectivity index (χ0) is 11.0. The van der Waals surface area contributed by atoms with Crippen LogP contribution in [0.4, 0.5) is 0 Å². The standard InChI is InChI=1S/C8H22O4Si2/c1-9-13(10-2)7-6-8-14(5,11-3)12-4/h13H,6-8H2,1-5H3. The molecule has 0 rings (SSSR count). The van der Waals surface area contributed by atoms with Gasteiger partial charge in [-0.2, -0.15) is 0 Å². The van der Waals surface area contributed by atoms with Gasteiger partial charge in [-0.1, -0.05) is 0 Å². The van der Waals surface area contributed by atoms with Crippen molar-refractivity contribution < 1.29 is 17.7 Å². The maximum atomic E-state index is 5.39. The topological polar surface area (TPSA) is 36.9 Å².